The van der Waals surface area contributed by atoms with Crippen LogP contribution in [0.5, 0.6) is 0 Å². The van der Waals surface area contributed by atoms with Crippen molar-refractivity contribution in [2.45, 2.75) is 18.5 Å². The minimum atomic E-state index is -0.932. The molecular formula is C6H13N3O2. The van der Waals surface area contributed by atoms with Crippen LogP contribution in [0.1, 0.15) is 6.42 Å². The van der Waals surface area contributed by atoms with E-state index in [0.717, 1.165) is 13.2 Å². The first kappa shape index (κ1) is 8.45. The van der Waals surface area contributed by atoms with Crippen molar-refractivity contribution in [3.8, 4) is 0 Å². The molecule has 0 aliphatic carbocycles. The van der Waals surface area contributed by atoms with Crippen molar-refractivity contribution in [2.24, 2.45) is 5.73 Å². The number of nitrogens with one attached hydrogen (secondary N) is 2. The highest BCUT2D eigenvalue weighted by Crippen LogP contribution is 1.98. The summed E-state index contributed by atoms with van der Waals surface area (Å²) in [5.41, 5.74) is 5.33. The fourth-order valence-electron chi connectivity index (χ4n) is 1.11. The molecule has 1 rings (SSSR count). The Morgan fingerprint density at radius 3 is 3.00 bits per heavy atom. The Bertz CT molecular complexity index is 145. The first-order valence-electron chi connectivity index (χ1n) is 3.62. The quantitative estimate of drug-likeness (QED) is 0.298. The number of carbonyl (C=O) groups is 1. The molecule has 0 saturated carbocycles. The zero-order valence-electron chi connectivity index (χ0n) is 6.21. The average molecular weight is 168 g/mol. The molecule has 1 saturated heterocycles. The minimum absolute atomic E-state index is 0.209. The van der Waals surface area contributed by atoms with Crippen molar-refractivity contribution in [3.63, 3.8) is 0 Å². The molecule has 5 nitrogen and oxygen atoms in total. The van der Waals surface area contributed by atoms with E-state index in [0.29, 0.717) is 6.42 Å². The van der Waals surface area contributed by atoms with E-state index in [1.807, 2.05) is 0 Å². The molecule has 0 amide bonds. The topological polar surface area (TPSA) is 87.4 Å². The van der Waals surface area contributed by atoms with Crippen LogP contribution in [0.3, 0.4) is 0 Å². The third kappa shape index (κ3) is 2.45. The predicted molar refractivity (Wildman–Crippen MR) is 40.0 cm³/mol. The molecule has 64 valence electrons. The molecule has 5 N–H and O–H groups in total. The maximum atomic E-state index is 10.3. The van der Waals surface area contributed by atoms with Crippen LogP contribution in [0, 0.1) is 0 Å². The smallest absolute Gasteiger partial charge is 0.320 e. The van der Waals surface area contributed by atoms with E-state index in [2.05, 4.69) is 10.6 Å². The van der Waals surface area contributed by atoms with Crippen LogP contribution in [-0.2, 0) is 4.79 Å². The Morgan fingerprint density at radius 1 is 1.82 bits per heavy atom. The molecule has 0 aromatic rings. The number of aliphatic carboxylic acids is 1. The van der Waals surface area contributed by atoms with Gasteiger partial charge in [0, 0.05) is 19.3 Å². The molecule has 1 aliphatic heterocycles. The van der Waals surface area contributed by atoms with Gasteiger partial charge < -0.3 is 21.5 Å². The first-order chi connectivity index (χ1) is 5.20. The maximum absolute atomic E-state index is 10.3. The van der Waals surface area contributed by atoms with Crippen LogP contribution >= 0.6 is 0 Å². The van der Waals surface area contributed by atoms with Gasteiger partial charge in [-0.1, -0.05) is 0 Å². The zero-order chi connectivity index (χ0) is 8.27. The number of nitrogens with two attached hydrogens (primary N) is 1. The number of carboxylic acid groups (broad SMARTS) is 1. The Morgan fingerprint density at radius 2 is 2.55 bits per heavy atom. The van der Waals surface area contributed by atoms with Gasteiger partial charge in [-0.25, -0.2) is 0 Å². The van der Waals surface area contributed by atoms with E-state index in [9.17, 15) is 4.79 Å². The Kier molecular flexibility index (Phi) is 2.81. The SMILES string of the molecule is [15NH2][13C@@H]([13CH2][13CH]1[13CH2][15NH][13CH2][15NH]1)[13C](=O)O. The van der Waals surface area contributed by atoms with E-state index in [1.54, 1.807) is 0 Å². The van der Waals surface area contributed by atoms with E-state index < -0.39 is 12.0 Å². The van der Waals surface area contributed by atoms with Gasteiger partial charge in [0.1, 0.15) is 6.04 Å². The molecule has 2 atom stereocenters. The van der Waals surface area contributed by atoms with Gasteiger partial charge >= 0.3 is 5.97 Å². The van der Waals surface area contributed by atoms with Crippen molar-refractivity contribution < 1.29 is 9.90 Å². The molecule has 0 radical (unpaired) electrons. The van der Waals surface area contributed by atoms with Gasteiger partial charge in [-0.15, -0.1) is 0 Å². The normalized spacial score (nSPS) is 26.8. The summed E-state index contributed by atoms with van der Waals surface area (Å²) in [5, 5.41) is 14.6. The Labute approximate surface area is 65.0 Å². The van der Waals surface area contributed by atoms with Crippen molar-refractivity contribution in [3.05, 3.63) is 0 Å². The van der Waals surface area contributed by atoms with Crippen molar-refractivity contribution >= 4 is 5.97 Å². The number of carboxylic acids is 1. The van der Waals surface area contributed by atoms with Crippen LogP contribution in [0.15, 0.2) is 0 Å². The Balaban J connectivity index is 2.23. The molecule has 0 bridgehead atoms. The molecule has 0 spiro atoms. The summed E-state index contributed by atoms with van der Waals surface area (Å²) in [6.45, 7) is 1.55. The molecule has 11 heavy (non-hydrogen) atoms. The highest BCUT2D eigenvalue weighted by atomic mass is 16.5. The van der Waals surface area contributed by atoms with E-state index in [4.69, 9.17) is 10.8 Å². The second-order valence-corrected chi connectivity index (χ2v) is 2.71. The maximum Gasteiger partial charge on any atom is 0.320 e. The lowest BCUT2D eigenvalue weighted by Gasteiger charge is -2.11. The lowest BCUT2D eigenvalue weighted by atomic mass is 11.1. The van der Waals surface area contributed by atoms with Crippen molar-refractivity contribution in [1.82, 2.24) is 10.6 Å². The summed E-state index contributed by atoms with van der Waals surface area (Å²) >= 11 is 0. The van der Waals surface area contributed by atoms with Gasteiger partial charge in [-0.05, 0) is 6.42 Å². The van der Waals surface area contributed by atoms with Crippen molar-refractivity contribution in [1.29, 1.82) is 0 Å². The van der Waals surface area contributed by atoms with Gasteiger partial charge in [0.25, 0.3) is 0 Å². The van der Waals surface area contributed by atoms with Gasteiger partial charge in [0.2, 0.25) is 0 Å². The van der Waals surface area contributed by atoms with Crippen LogP contribution < -0.4 is 16.4 Å². The minimum Gasteiger partial charge on any atom is -0.480 e. The molecule has 1 unspecified atom stereocenters. The van der Waals surface area contributed by atoms with Gasteiger partial charge in [0.15, 0.2) is 0 Å². The van der Waals surface area contributed by atoms with Crippen molar-refractivity contribution in [2.75, 3.05) is 13.2 Å². The van der Waals surface area contributed by atoms with Crippen LogP contribution in [0.25, 0.3) is 0 Å². The molecule has 1 fully saturated rings. The summed E-state index contributed by atoms with van der Waals surface area (Å²) in [7, 11) is 0. The Hall–Kier alpha value is -0.650. The predicted octanol–water partition coefficient (Wildman–Crippen LogP) is -1.69. The monoisotopic (exact) mass is 168 g/mol. The van der Waals surface area contributed by atoms with Gasteiger partial charge in [-0.2, -0.15) is 0 Å². The summed E-state index contributed by atoms with van der Waals surface area (Å²) in [6, 6.07) is -0.534. The molecule has 5 heteroatoms. The highest BCUT2D eigenvalue weighted by Gasteiger charge is 2.20. The number of rotatable bonds is 3. The second kappa shape index (κ2) is 3.66. The molecule has 1 heterocycles. The average Bonchev–Trinajstić information content (AvgIpc) is 2.39. The highest BCUT2D eigenvalue weighted by molar-refractivity contribution is 5.73. The van der Waals surface area contributed by atoms with Crippen LogP contribution in [-0.4, -0.2) is 36.4 Å². The fourth-order valence-corrected chi connectivity index (χ4v) is 1.11. The van der Waals surface area contributed by atoms with Crippen LogP contribution in [0.4, 0.5) is 0 Å². The lowest BCUT2D eigenvalue weighted by Crippen LogP contribution is -2.38. The van der Waals surface area contributed by atoms with E-state index in [1.165, 1.54) is 0 Å². The van der Waals surface area contributed by atoms with Crippen LogP contribution in [0.2, 0.25) is 0 Å². The largest absolute Gasteiger partial charge is 0.480 e. The summed E-state index contributed by atoms with van der Waals surface area (Å²) in [5.74, 6) is -0.932. The number of hydrogen-bond acceptors (Lipinski definition) is 4. The standard InChI is InChI=1S/C6H13N3O2/c7-5(6(10)11)1-4-2-8-3-9-4/h4-5,8-9H,1-3,7H2,(H,10,11)/t4?,5-/m0/s1/i1+1,2+1,3+1,4+1,5+1,6+1,7+1,8+1,9+1. The summed E-state index contributed by atoms with van der Waals surface area (Å²) in [6.07, 6.45) is 0.488. The summed E-state index contributed by atoms with van der Waals surface area (Å²) < 4.78 is 0. The molecular weight excluding hydrogens is 155 g/mol. The van der Waals surface area contributed by atoms with Gasteiger partial charge in [-0.3, -0.25) is 4.79 Å². The fraction of sp³-hybridized carbons (Fsp3) is 0.833. The number of hydrogen-bond donors (Lipinski definition) is 4. The third-order valence-corrected chi connectivity index (χ3v) is 1.76. The first-order valence-corrected chi connectivity index (χ1v) is 3.62. The molecule has 0 aromatic heterocycles. The van der Waals surface area contributed by atoms with E-state index in [-0.39, 0.29) is 6.04 Å². The lowest BCUT2D eigenvalue weighted by molar-refractivity contribution is -0.138. The molecule has 1 aliphatic rings. The molecule has 0 aromatic carbocycles. The zero-order valence-corrected chi connectivity index (χ0v) is 6.21. The third-order valence-electron chi connectivity index (χ3n) is 1.76. The summed E-state index contributed by atoms with van der Waals surface area (Å²) in [4.78, 5) is 10.3. The second-order valence-electron chi connectivity index (χ2n) is 2.71. The van der Waals surface area contributed by atoms with Gasteiger partial charge in [0.05, 0.1) is 0 Å². The van der Waals surface area contributed by atoms with E-state index >= 15 is 0 Å².